The molecule has 0 bridgehead atoms. The molecule has 1 atom stereocenters. The molecule has 1 unspecified atom stereocenters. The molecule has 2 aromatic carbocycles. The van der Waals surface area contributed by atoms with Crippen LogP contribution in [0.25, 0.3) is 11.1 Å². The minimum Gasteiger partial charge on any atom is -0.493 e. The molecule has 1 aliphatic heterocycles. The fourth-order valence-corrected chi connectivity index (χ4v) is 3.05. The van der Waals surface area contributed by atoms with Gasteiger partial charge in [0.2, 0.25) is 5.91 Å². The molecule has 1 amide bonds. The third kappa shape index (κ3) is 4.28. The maximum atomic E-state index is 13.9. The predicted octanol–water partition coefficient (Wildman–Crippen LogP) is 4.53. The van der Waals surface area contributed by atoms with Crippen LogP contribution in [0.15, 0.2) is 36.4 Å². The summed E-state index contributed by atoms with van der Waals surface area (Å²) in [7, 11) is 1.77. The van der Waals surface area contributed by atoms with Crippen molar-refractivity contribution >= 4 is 17.5 Å². The van der Waals surface area contributed by atoms with Crippen LogP contribution in [0, 0.1) is 17.6 Å². The van der Waals surface area contributed by atoms with E-state index in [1.165, 1.54) is 24.3 Å². The van der Waals surface area contributed by atoms with Crippen LogP contribution in [0.5, 0.6) is 5.75 Å². The van der Waals surface area contributed by atoms with Crippen LogP contribution in [0.3, 0.4) is 0 Å². The van der Waals surface area contributed by atoms with Crippen LogP contribution in [-0.4, -0.2) is 31.0 Å². The van der Waals surface area contributed by atoms with Crippen LogP contribution in [0.1, 0.15) is 12.8 Å². The average Bonchev–Trinajstić information content (AvgIpc) is 2.58. The summed E-state index contributed by atoms with van der Waals surface area (Å²) < 4.78 is 33.3. The number of carbonyl (C=O) groups is 1. The molecule has 0 spiro atoms. The number of likely N-dealkylation sites (tertiary alicyclic amines) is 1. The first-order valence-corrected chi connectivity index (χ1v) is 8.43. The number of hydrogen-bond acceptors (Lipinski definition) is 2. The van der Waals surface area contributed by atoms with E-state index in [0.29, 0.717) is 36.4 Å². The third-order valence-corrected chi connectivity index (χ3v) is 4.64. The van der Waals surface area contributed by atoms with Gasteiger partial charge in [-0.3, -0.25) is 4.79 Å². The Morgan fingerprint density at radius 1 is 1.20 bits per heavy atom. The molecule has 1 fully saturated rings. The molecule has 0 saturated carbocycles. The summed E-state index contributed by atoms with van der Waals surface area (Å²) in [6.07, 6.45) is 1.26. The largest absolute Gasteiger partial charge is 0.493 e. The Bertz CT molecular complexity index is 797. The SMILES string of the molecule is CN1CC(COc2cc(F)cc(-c3ccc(Cl)c(F)c3)c2)CCC1=O. The van der Waals surface area contributed by atoms with Crippen molar-refractivity contribution in [2.24, 2.45) is 5.92 Å². The van der Waals surface area contributed by atoms with E-state index in [1.54, 1.807) is 24.1 Å². The monoisotopic (exact) mass is 365 g/mol. The van der Waals surface area contributed by atoms with E-state index < -0.39 is 11.6 Å². The lowest BCUT2D eigenvalue weighted by Crippen LogP contribution is -2.38. The van der Waals surface area contributed by atoms with Crippen molar-refractivity contribution in [2.75, 3.05) is 20.2 Å². The van der Waals surface area contributed by atoms with Gasteiger partial charge in [0.1, 0.15) is 17.4 Å². The molecule has 25 heavy (non-hydrogen) atoms. The molecule has 0 aliphatic carbocycles. The molecular formula is C19H18ClF2NO2. The molecule has 6 heteroatoms. The quantitative estimate of drug-likeness (QED) is 0.796. The highest BCUT2D eigenvalue weighted by atomic mass is 35.5. The van der Waals surface area contributed by atoms with E-state index in [1.807, 2.05) is 0 Å². The summed E-state index contributed by atoms with van der Waals surface area (Å²) in [5.41, 5.74) is 1.04. The van der Waals surface area contributed by atoms with E-state index in [0.717, 1.165) is 6.42 Å². The molecular weight excluding hydrogens is 348 g/mol. The fraction of sp³-hybridized carbons (Fsp3) is 0.316. The van der Waals surface area contributed by atoms with Gasteiger partial charge in [0.25, 0.3) is 0 Å². The summed E-state index contributed by atoms with van der Waals surface area (Å²) in [6, 6.07) is 8.63. The number of carbonyl (C=O) groups excluding carboxylic acids is 1. The molecule has 3 nitrogen and oxygen atoms in total. The minimum atomic E-state index is -0.555. The molecule has 1 saturated heterocycles. The van der Waals surface area contributed by atoms with Crippen molar-refractivity contribution in [2.45, 2.75) is 12.8 Å². The Kier molecular flexibility index (Phi) is 5.23. The first-order valence-electron chi connectivity index (χ1n) is 8.05. The molecule has 0 N–H and O–H groups in total. The van der Waals surface area contributed by atoms with Crippen LogP contribution in [0.4, 0.5) is 8.78 Å². The Morgan fingerprint density at radius 2 is 2.00 bits per heavy atom. The van der Waals surface area contributed by atoms with E-state index >= 15 is 0 Å². The Labute approximate surface area is 150 Å². The molecule has 2 aromatic rings. The Balaban J connectivity index is 1.73. The Morgan fingerprint density at radius 3 is 2.72 bits per heavy atom. The van der Waals surface area contributed by atoms with Crippen molar-refractivity contribution in [3.05, 3.63) is 53.1 Å². The maximum absolute atomic E-state index is 13.9. The van der Waals surface area contributed by atoms with Gasteiger partial charge in [0.05, 0.1) is 11.6 Å². The molecule has 1 heterocycles. The molecule has 1 aliphatic rings. The van der Waals surface area contributed by atoms with Gasteiger partial charge in [-0.2, -0.15) is 0 Å². The van der Waals surface area contributed by atoms with Crippen LogP contribution in [0.2, 0.25) is 5.02 Å². The number of piperidine rings is 1. The van der Waals surface area contributed by atoms with Gasteiger partial charge >= 0.3 is 0 Å². The number of benzene rings is 2. The lowest BCUT2D eigenvalue weighted by atomic mass is 9.99. The topological polar surface area (TPSA) is 29.5 Å². The highest BCUT2D eigenvalue weighted by Gasteiger charge is 2.23. The maximum Gasteiger partial charge on any atom is 0.222 e. The standard InChI is InChI=1S/C19H18ClF2NO2/c1-23-10-12(2-5-19(23)24)11-25-16-7-14(6-15(21)9-16)13-3-4-17(20)18(22)8-13/h3-4,6-9,12H,2,5,10-11H2,1H3. The van der Waals surface area contributed by atoms with Crippen LogP contribution >= 0.6 is 11.6 Å². The second kappa shape index (κ2) is 7.40. The van der Waals surface area contributed by atoms with E-state index in [2.05, 4.69) is 0 Å². The van der Waals surface area contributed by atoms with Crippen molar-refractivity contribution in [3.63, 3.8) is 0 Å². The van der Waals surface area contributed by atoms with Crippen molar-refractivity contribution in [1.82, 2.24) is 4.90 Å². The number of amides is 1. The number of nitrogens with zero attached hydrogens (tertiary/aromatic N) is 1. The summed E-state index contributed by atoms with van der Waals surface area (Å²) in [5, 5.41) is 0.0209. The first kappa shape index (κ1) is 17.7. The van der Waals surface area contributed by atoms with Gasteiger partial charge in [-0.1, -0.05) is 17.7 Å². The summed E-state index contributed by atoms with van der Waals surface area (Å²) in [6.45, 7) is 1.03. The number of rotatable bonds is 4. The van der Waals surface area contributed by atoms with E-state index in [4.69, 9.17) is 16.3 Å². The molecule has 3 rings (SSSR count). The predicted molar refractivity (Wildman–Crippen MR) is 92.7 cm³/mol. The van der Waals surface area contributed by atoms with Gasteiger partial charge in [-0.15, -0.1) is 0 Å². The fourth-order valence-electron chi connectivity index (χ4n) is 2.94. The van der Waals surface area contributed by atoms with Crippen molar-refractivity contribution in [1.29, 1.82) is 0 Å². The number of ether oxygens (including phenoxy) is 1. The van der Waals surface area contributed by atoms with Crippen LogP contribution in [-0.2, 0) is 4.79 Å². The Hall–Kier alpha value is -2.14. The number of hydrogen-bond donors (Lipinski definition) is 0. The van der Waals surface area contributed by atoms with Gasteiger partial charge in [0.15, 0.2) is 0 Å². The second-order valence-electron chi connectivity index (χ2n) is 6.29. The zero-order chi connectivity index (χ0) is 18.0. The molecule has 0 aromatic heterocycles. The third-order valence-electron chi connectivity index (χ3n) is 4.33. The number of halogens is 3. The van der Waals surface area contributed by atoms with E-state index in [9.17, 15) is 13.6 Å². The average molecular weight is 366 g/mol. The minimum absolute atomic E-state index is 0.0209. The lowest BCUT2D eigenvalue weighted by molar-refractivity contribution is -0.133. The van der Waals surface area contributed by atoms with E-state index in [-0.39, 0.29) is 16.8 Å². The summed E-state index contributed by atoms with van der Waals surface area (Å²) in [4.78, 5) is 13.2. The lowest BCUT2D eigenvalue weighted by Gasteiger charge is -2.29. The normalized spacial score (nSPS) is 17.7. The summed E-state index contributed by atoms with van der Waals surface area (Å²) in [5.74, 6) is -0.291. The van der Waals surface area contributed by atoms with Crippen molar-refractivity contribution < 1.29 is 18.3 Å². The van der Waals surface area contributed by atoms with Gasteiger partial charge in [-0.05, 0) is 41.8 Å². The highest BCUT2D eigenvalue weighted by molar-refractivity contribution is 6.30. The zero-order valence-corrected chi connectivity index (χ0v) is 14.5. The van der Waals surface area contributed by atoms with Gasteiger partial charge < -0.3 is 9.64 Å². The zero-order valence-electron chi connectivity index (χ0n) is 13.8. The molecule has 0 radical (unpaired) electrons. The highest BCUT2D eigenvalue weighted by Crippen LogP contribution is 2.29. The smallest absolute Gasteiger partial charge is 0.222 e. The molecule has 132 valence electrons. The second-order valence-corrected chi connectivity index (χ2v) is 6.70. The van der Waals surface area contributed by atoms with Crippen LogP contribution < -0.4 is 4.74 Å². The van der Waals surface area contributed by atoms with Gasteiger partial charge in [0, 0.05) is 32.0 Å². The first-order chi connectivity index (χ1) is 11.9. The summed E-state index contributed by atoms with van der Waals surface area (Å²) >= 11 is 5.69. The van der Waals surface area contributed by atoms with Gasteiger partial charge in [-0.25, -0.2) is 8.78 Å². The van der Waals surface area contributed by atoms with Crippen molar-refractivity contribution in [3.8, 4) is 16.9 Å².